The van der Waals surface area contributed by atoms with E-state index in [-0.39, 0.29) is 0 Å². The molecule has 0 heterocycles. The van der Waals surface area contributed by atoms with Crippen LogP contribution in [0.3, 0.4) is 0 Å². The molecule has 0 aliphatic heterocycles. The number of hydrogen-bond donors (Lipinski definition) is 0. The third-order valence-electron chi connectivity index (χ3n) is 2.80. The van der Waals surface area contributed by atoms with Crippen LogP contribution in [0.15, 0.2) is 12.2 Å². The molecule has 0 heteroatoms. The summed E-state index contributed by atoms with van der Waals surface area (Å²) in [5.41, 5.74) is 0. The van der Waals surface area contributed by atoms with Gasteiger partial charge in [-0.15, -0.1) is 0 Å². The first-order valence-electron chi connectivity index (χ1n) is 5.01. The first kappa shape index (κ1) is 8.83. The van der Waals surface area contributed by atoms with E-state index in [4.69, 9.17) is 0 Å². The van der Waals surface area contributed by atoms with Crippen molar-refractivity contribution >= 4 is 0 Å². The molecule has 2 atom stereocenters. The highest BCUT2D eigenvalue weighted by atomic mass is 14.2. The van der Waals surface area contributed by atoms with Crippen molar-refractivity contribution in [1.82, 2.24) is 0 Å². The van der Waals surface area contributed by atoms with Crippen LogP contribution in [0.4, 0.5) is 0 Å². The predicted molar refractivity (Wildman–Crippen MR) is 50.6 cm³/mol. The van der Waals surface area contributed by atoms with Crippen LogP contribution in [-0.2, 0) is 0 Å². The van der Waals surface area contributed by atoms with Crippen LogP contribution in [0.5, 0.6) is 0 Å². The van der Waals surface area contributed by atoms with Crippen LogP contribution in [0.25, 0.3) is 0 Å². The minimum atomic E-state index is 0.892. The maximum absolute atomic E-state index is 2.43. The Hall–Kier alpha value is -0.260. The van der Waals surface area contributed by atoms with E-state index in [1.54, 1.807) is 0 Å². The molecule has 0 saturated heterocycles. The highest BCUT2D eigenvalue weighted by molar-refractivity contribution is 4.91. The van der Waals surface area contributed by atoms with E-state index < -0.39 is 0 Å². The molecule has 0 aromatic rings. The largest absolute Gasteiger partial charge is 0.0885 e. The van der Waals surface area contributed by atoms with E-state index in [0.717, 1.165) is 11.8 Å². The highest BCUT2D eigenvalue weighted by Gasteiger charge is 2.17. The van der Waals surface area contributed by atoms with Crippen molar-refractivity contribution < 1.29 is 0 Å². The Balaban J connectivity index is 2.35. The quantitative estimate of drug-likeness (QED) is 0.528. The van der Waals surface area contributed by atoms with Crippen LogP contribution >= 0.6 is 0 Å². The minimum absolute atomic E-state index is 0.892. The van der Waals surface area contributed by atoms with Gasteiger partial charge in [0, 0.05) is 0 Å². The molecule has 1 fully saturated rings. The molecule has 0 N–H and O–H groups in total. The Morgan fingerprint density at radius 2 is 2.00 bits per heavy atom. The lowest BCUT2D eigenvalue weighted by Gasteiger charge is -2.25. The zero-order valence-electron chi connectivity index (χ0n) is 7.84. The molecule has 1 rings (SSSR count). The molecule has 2 unspecified atom stereocenters. The van der Waals surface area contributed by atoms with E-state index >= 15 is 0 Å². The van der Waals surface area contributed by atoms with Crippen LogP contribution in [-0.4, -0.2) is 0 Å². The Morgan fingerprint density at radius 1 is 1.27 bits per heavy atom. The fraction of sp³-hybridized carbons (Fsp3) is 0.818. The molecule has 0 amide bonds. The second-order valence-electron chi connectivity index (χ2n) is 3.76. The van der Waals surface area contributed by atoms with Gasteiger partial charge in [-0.3, -0.25) is 0 Å². The summed E-state index contributed by atoms with van der Waals surface area (Å²) in [6.07, 6.45) is 11.7. The maximum Gasteiger partial charge on any atom is -0.0208 e. The Bertz CT molecular complexity index is 124. The van der Waals surface area contributed by atoms with Crippen molar-refractivity contribution in [1.29, 1.82) is 0 Å². The monoisotopic (exact) mass is 152 g/mol. The van der Waals surface area contributed by atoms with Gasteiger partial charge in [-0.05, 0) is 24.7 Å². The summed E-state index contributed by atoms with van der Waals surface area (Å²) in [6.45, 7) is 4.60. The number of hydrogen-bond acceptors (Lipinski definition) is 0. The summed E-state index contributed by atoms with van der Waals surface area (Å²) >= 11 is 0. The van der Waals surface area contributed by atoms with E-state index in [1.807, 2.05) is 0 Å². The molecule has 1 aliphatic carbocycles. The Morgan fingerprint density at radius 3 is 2.64 bits per heavy atom. The van der Waals surface area contributed by atoms with Gasteiger partial charge in [0.2, 0.25) is 0 Å². The van der Waals surface area contributed by atoms with Gasteiger partial charge in [0.05, 0.1) is 0 Å². The first-order chi connectivity index (χ1) is 5.34. The standard InChI is InChI=1S/C11H20/c1-3-4-8-11-9-6-5-7-10(11)2/h4,8,10-11H,3,5-7,9H2,1-2H3. The first-order valence-corrected chi connectivity index (χ1v) is 5.01. The number of allylic oxidation sites excluding steroid dienone is 2. The second kappa shape index (κ2) is 4.58. The molecule has 0 nitrogen and oxygen atoms in total. The van der Waals surface area contributed by atoms with Crippen molar-refractivity contribution in [2.75, 3.05) is 0 Å². The van der Waals surface area contributed by atoms with Crippen LogP contribution in [0, 0.1) is 11.8 Å². The highest BCUT2D eigenvalue weighted by Crippen LogP contribution is 2.30. The second-order valence-corrected chi connectivity index (χ2v) is 3.76. The normalized spacial score (nSPS) is 32.9. The third-order valence-corrected chi connectivity index (χ3v) is 2.80. The fourth-order valence-corrected chi connectivity index (χ4v) is 1.94. The van der Waals surface area contributed by atoms with Gasteiger partial charge in [0.25, 0.3) is 0 Å². The lowest BCUT2D eigenvalue weighted by molar-refractivity contribution is 0.306. The summed E-state index contributed by atoms with van der Waals surface area (Å²) in [4.78, 5) is 0. The minimum Gasteiger partial charge on any atom is -0.0885 e. The van der Waals surface area contributed by atoms with E-state index in [0.29, 0.717) is 0 Å². The average molecular weight is 152 g/mol. The fourth-order valence-electron chi connectivity index (χ4n) is 1.94. The molecule has 64 valence electrons. The summed E-state index contributed by atoms with van der Waals surface area (Å²) in [7, 11) is 0. The summed E-state index contributed by atoms with van der Waals surface area (Å²) < 4.78 is 0. The van der Waals surface area contributed by atoms with Gasteiger partial charge in [-0.25, -0.2) is 0 Å². The van der Waals surface area contributed by atoms with E-state index in [2.05, 4.69) is 26.0 Å². The van der Waals surface area contributed by atoms with Gasteiger partial charge < -0.3 is 0 Å². The van der Waals surface area contributed by atoms with Crippen molar-refractivity contribution in [2.24, 2.45) is 11.8 Å². The lowest BCUT2D eigenvalue weighted by Crippen LogP contribution is -2.13. The molecule has 0 bridgehead atoms. The lowest BCUT2D eigenvalue weighted by atomic mass is 9.80. The SMILES string of the molecule is CCC=CC1CCCCC1C. The smallest absolute Gasteiger partial charge is 0.0208 e. The van der Waals surface area contributed by atoms with Crippen LogP contribution in [0.2, 0.25) is 0 Å². The van der Waals surface area contributed by atoms with Crippen molar-refractivity contribution in [3.8, 4) is 0 Å². The molecule has 1 aliphatic rings. The zero-order valence-corrected chi connectivity index (χ0v) is 7.84. The maximum atomic E-state index is 2.43. The zero-order chi connectivity index (χ0) is 8.10. The van der Waals surface area contributed by atoms with Gasteiger partial charge in [0.1, 0.15) is 0 Å². The Kier molecular flexibility index (Phi) is 3.68. The molecule has 0 aromatic heterocycles. The summed E-state index contributed by atoms with van der Waals surface area (Å²) in [5, 5.41) is 0. The molecule has 11 heavy (non-hydrogen) atoms. The molecular weight excluding hydrogens is 132 g/mol. The van der Waals surface area contributed by atoms with Gasteiger partial charge in [-0.1, -0.05) is 45.3 Å². The molecule has 0 spiro atoms. The number of rotatable bonds is 2. The molecular formula is C11H20. The third kappa shape index (κ3) is 2.69. The van der Waals surface area contributed by atoms with Gasteiger partial charge in [-0.2, -0.15) is 0 Å². The molecule has 0 aromatic carbocycles. The summed E-state index contributed by atoms with van der Waals surface area (Å²) in [6, 6.07) is 0. The van der Waals surface area contributed by atoms with Gasteiger partial charge in [0.15, 0.2) is 0 Å². The summed E-state index contributed by atoms with van der Waals surface area (Å²) in [5.74, 6) is 1.83. The van der Waals surface area contributed by atoms with Crippen molar-refractivity contribution in [2.45, 2.75) is 46.0 Å². The topological polar surface area (TPSA) is 0 Å². The van der Waals surface area contributed by atoms with E-state index in [9.17, 15) is 0 Å². The van der Waals surface area contributed by atoms with Crippen LogP contribution in [0.1, 0.15) is 46.0 Å². The predicted octanol–water partition coefficient (Wildman–Crippen LogP) is 3.78. The molecule has 0 radical (unpaired) electrons. The van der Waals surface area contributed by atoms with Crippen molar-refractivity contribution in [3.63, 3.8) is 0 Å². The van der Waals surface area contributed by atoms with Gasteiger partial charge >= 0.3 is 0 Å². The average Bonchev–Trinajstić information content (AvgIpc) is 2.03. The van der Waals surface area contributed by atoms with Crippen molar-refractivity contribution in [3.05, 3.63) is 12.2 Å². The van der Waals surface area contributed by atoms with Crippen LogP contribution < -0.4 is 0 Å². The Labute approximate surface area is 70.7 Å². The van der Waals surface area contributed by atoms with E-state index in [1.165, 1.54) is 32.1 Å². The molecule has 1 saturated carbocycles.